The predicted molar refractivity (Wildman–Crippen MR) is 95.2 cm³/mol. The molecule has 1 saturated carbocycles. The van der Waals surface area contributed by atoms with Gasteiger partial charge in [-0.2, -0.15) is 0 Å². The molecule has 132 valence electrons. The number of hydrogen-bond donors (Lipinski definition) is 1. The molecule has 5 heteroatoms. The molecule has 0 bridgehead atoms. The number of methoxy groups -OCH3 is 1. The summed E-state index contributed by atoms with van der Waals surface area (Å²) in [5, 5.41) is 0. The third-order valence-corrected chi connectivity index (χ3v) is 5.05. The lowest BCUT2D eigenvalue weighted by Gasteiger charge is -2.37. The van der Waals surface area contributed by atoms with E-state index in [0.717, 1.165) is 30.0 Å². The van der Waals surface area contributed by atoms with Gasteiger partial charge in [-0.1, -0.05) is 6.07 Å². The summed E-state index contributed by atoms with van der Waals surface area (Å²) in [5.41, 5.74) is 9.36. The van der Waals surface area contributed by atoms with Gasteiger partial charge in [0.05, 0.1) is 37.1 Å². The molecule has 0 aromatic heterocycles. The van der Waals surface area contributed by atoms with Crippen LogP contribution in [0.4, 0.5) is 11.4 Å². The smallest absolute Gasteiger partial charge is 0.306 e. The number of anilines is 2. The molecule has 1 aliphatic carbocycles. The minimum absolute atomic E-state index is 0.148. The Morgan fingerprint density at radius 2 is 2.00 bits per heavy atom. The average Bonchev–Trinajstić information content (AvgIpc) is 3.36. The fourth-order valence-electron chi connectivity index (χ4n) is 3.78. The van der Waals surface area contributed by atoms with E-state index >= 15 is 0 Å². The van der Waals surface area contributed by atoms with E-state index in [2.05, 4.69) is 30.9 Å². The van der Waals surface area contributed by atoms with E-state index in [9.17, 15) is 4.79 Å². The molecule has 1 aromatic rings. The number of carbonyl (C=O) groups excluding carboxylic acids is 1. The second-order valence-corrected chi connectivity index (χ2v) is 7.20. The van der Waals surface area contributed by atoms with Gasteiger partial charge in [0.15, 0.2) is 0 Å². The van der Waals surface area contributed by atoms with Crippen molar-refractivity contribution >= 4 is 17.3 Å². The molecular weight excluding hydrogens is 304 g/mol. The largest absolute Gasteiger partial charge is 0.469 e. The molecule has 1 unspecified atom stereocenters. The van der Waals surface area contributed by atoms with Crippen molar-refractivity contribution in [3.05, 3.63) is 23.8 Å². The van der Waals surface area contributed by atoms with Gasteiger partial charge in [-0.3, -0.25) is 4.79 Å². The predicted octanol–water partition coefficient (Wildman–Crippen LogP) is 2.94. The van der Waals surface area contributed by atoms with Gasteiger partial charge in [0.25, 0.3) is 0 Å². The number of ether oxygens (including phenoxy) is 2. The van der Waals surface area contributed by atoms with Crippen molar-refractivity contribution in [2.75, 3.05) is 30.8 Å². The molecule has 1 heterocycles. The summed E-state index contributed by atoms with van der Waals surface area (Å²) >= 11 is 0. The van der Waals surface area contributed by atoms with Gasteiger partial charge in [0, 0.05) is 13.1 Å². The van der Waals surface area contributed by atoms with E-state index in [4.69, 9.17) is 15.2 Å². The molecule has 0 radical (unpaired) electrons. The van der Waals surface area contributed by atoms with Crippen LogP contribution in [0.3, 0.4) is 0 Å². The maximum atomic E-state index is 11.7. The number of esters is 1. The van der Waals surface area contributed by atoms with Crippen LogP contribution in [0.1, 0.15) is 44.6 Å². The summed E-state index contributed by atoms with van der Waals surface area (Å²) in [5.74, 6) is 0.652. The Hall–Kier alpha value is -1.75. The summed E-state index contributed by atoms with van der Waals surface area (Å²) in [7, 11) is 1.45. The van der Waals surface area contributed by atoms with Crippen molar-refractivity contribution in [1.82, 2.24) is 0 Å². The summed E-state index contributed by atoms with van der Waals surface area (Å²) in [6.07, 6.45) is 3.20. The molecule has 2 N–H and O–H groups in total. The van der Waals surface area contributed by atoms with Crippen LogP contribution in [0.5, 0.6) is 0 Å². The molecule has 1 saturated heterocycles. The molecule has 5 nitrogen and oxygen atoms in total. The van der Waals surface area contributed by atoms with Crippen molar-refractivity contribution in [2.24, 2.45) is 5.92 Å². The highest BCUT2D eigenvalue weighted by atomic mass is 16.5. The minimum Gasteiger partial charge on any atom is -0.469 e. The van der Waals surface area contributed by atoms with E-state index in [1.165, 1.54) is 20.0 Å². The van der Waals surface area contributed by atoms with E-state index < -0.39 is 0 Å². The zero-order valence-corrected chi connectivity index (χ0v) is 14.8. The standard InChI is InChI=1S/C19H28N2O3/c1-12-10-21(11-13(2)24-12)18-7-6-15(8-17(18)20)16(14-4-5-14)9-19(22)23-3/h6-8,12-14,16H,4-5,9-11,20H2,1-3H3/t12-,13+,16?. The van der Waals surface area contributed by atoms with Gasteiger partial charge in [-0.05, 0) is 56.2 Å². The molecule has 1 aromatic carbocycles. The zero-order valence-electron chi connectivity index (χ0n) is 14.8. The van der Waals surface area contributed by atoms with Crippen LogP contribution >= 0.6 is 0 Å². The van der Waals surface area contributed by atoms with Gasteiger partial charge in [0.2, 0.25) is 0 Å². The summed E-state index contributed by atoms with van der Waals surface area (Å²) in [4.78, 5) is 14.0. The average molecular weight is 332 g/mol. The zero-order chi connectivity index (χ0) is 17.3. The van der Waals surface area contributed by atoms with Gasteiger partial charge >= 0.3 is 5.97 Å². The van der Waals surface area contributed by atoms with Crippen LogP contribution in [0.25, 0.3) is 0 Å². The number of morpholine rings is 1. The molecule has 0 amide bonds. The highest BCUT2D eigenvalue weighted by molar-refractivity contribution is 5.72. The van der Waals surface area contributed by atoms with Crippen LogP contribution in [-0.4, -0.2) is 38.4 Å². The molecular formula is C19H28N2O3. The van der Waals surface area contributed by atoms with E-state index in [1.54, 1.807) is 0 Å². The lowest BCUT2D eigenvalue weighted by atomic mass is 9.90. The monoisotopic (exact) mass is 332 g/mol. The first-order chi connectivity index (χ1) is 11.5. The summed E-state index contributed by atoms with van der Waals surface area (Å²) in [6.45, 7) is 5.88. The number of benzene rings is 1. The number of nitrogens with two attached hydrogens (primary N) is 1. The fraction of sp³-hybridized carbons (Fsp3) is 0.632. The van der Waals surface area contributed by atoms with Gasteiger partial charge in [0.1, 0.15) is 0 Å². The Kier molecular flexibility index (Phi) is 4.99. The molecule has 2 aliphatic rings. The quantitative estimate of drug-likeness (QED) is 0.663. The lowest BCUT2D eigenvalue weighted by Crippen LogP contribution is -2.45. The number of carbonyl (C=O) groups is 1. The second kappa shape index (κ2) is 7.01. The van der Waals surface area contributed by atoms with Crippen LogP contribution in [-0.2, 0) is 14.3 Å². The third kappa shape index (κ3) is 3.83. The molecule has 3 rings (SSSR count). The fourth-order valence-corrected chi connectivity index (χ4v) is 3.78. The van der Waals surface area contributed by atoms with Crippen LogP contribution in [0.2, 0.25) is 0 Å². The van der Waals surface area contributed by atoms with E-state index in [0.29, 0.717) is 12.3 Å². The third-order valence-electron chi connectivity index (χ3n) is 5.05. The van der Waals surface area contributed by atoms with Crippen LogP contribution in [0, 0.1) is 5.92 Å². The van der Waals surface area contributed by atoms with E-state index in [-0.39, 0.29) is 24.1 Å². The van der Waals surface area contributed by atoms with Crippen LogP contribution in [0.15, 0.2) is 18.2 Å². The maximum absolute atomic E-state index is 11.7. The highest BCUT2D eigenvalue weighted by Crippen LogP contribution is 2.45. The van der Waals surface area contributed by atoms with Crippen LogP contribution < -0.4 is 10.6 Å². The number of rotatable bonds is 5. The van der Waals surface area contributed by atoms with Crippen molar-refractivity contribution < 1.29 is 14.3 Å². The normalized spacial score (nSPS) is 25.4. The Bertz CT molecular complexity index is 590. The Morgan fingerprint density at radius 3 is 2.54 bits per heavy atom. The van der Waals surface area contributed by atoms with Crippen molar-refractivity contribution in [3.63, 3.8) is 0 Å². The molecule has 0 spiro atoms. The topological polar surface area (TPSA) is 64.8 Å². The van der Waals surface area contributed by atoms with Crippen molar-refractivity contribution in [3.8, 4) is 0 Å². The SMILES string of the molecule is COC(=O)CC(c1ccc(N2C[C@@H](C)O[C@@H](C)C2)c(N)c1)C1CC1. The van der Waals surface area contributed by atoms with E-state index in [1.807, 2.05) is 6.07 Å². The number of hydrogen-bond acceptors (Lipinski definition) is 5. The molecule has 24 heavy (non-hydrogen) atoms. The first kappa shape index (κ1) is 17.1. The molecule has 1 aliphatic heterocycles. The first-order valence-corrected chi connectivity index (χ1v) is 8.84. The summed E-state index contributed by atoms with van der Waals surface area (Å²) in [6, 6.07) is 6.27. The van der Waals surface area contributed by atoms with Gasteiger partial charge in [-0.25, -0.2) is 0 Å². The Morgan fingerprint density at radius 1 is 1.33 bits per heavy atom. The van der Waals surface area contributed by atoms with Crippen molar-refractivity contribution in [1.29, 1.82) is 0 Å². The maximum Gasteiger partial charge on any atom is 0.306 e. The Labute approximate surface area is 144 Å². The minimum atomic E-state index is -0.148. The highest BCUT2D eigenvalue weighted by Gasteiger charge is 2.34. The second-order valence-electron chi connectivity index (χ2n) is 7.20. The van der Waals surface area contributed by atoms with Gasteiger partial charge in [-0.15, -0.1) is 0 Å². The number of nitrogens with zero attached hydrogens (tertiary/aromatic N) is 1. The lowest BCUT2D eigenvalue weighted by molar-refractivity contribution is -0.141. The summed E-state index contributed by atoms with van der Waals surface area (Å²) < 4.78 is 10.7. The first-order valence-electron chi connectivity index (χ1n) is 8.84. The van der Waals surface area contributed by atoms with Gasteiger partial charge < -0.3 is 20.1 Å². The molecule has 2 fully saturated rings. The molecule has 3 atom stereocenters. The Balaban J connectivity index is 1.79. The van der Waals surface area contributed by atoms with Crippen molar-refractivity contribution in [2.45, 2.75) is 51.2 Å². The number of nitrogen functional groups attached to an aromatic ring is 1.